The van der Waals surface area contributed by atoms with Crippen LogP contribution in [-0.2, 0) is 0 Å². The fourth-order valence-corrected chi connectivity index (χ4v) is 2.89. The molecule has 126 valence electrons. The summed E-state index contributed by atoms with van der Waals surface area (Å²) in [6.45, 7) is 3.76. The molecule has 1 amide bonds. The van der Waals surface area contributed by atoms with Crippen molar-refractivity contribution in [1.82, 2.24) is 9.88 Å². The van der Waals surface area contributed by atoms with Crippen molar-refractivity contribution < 1.29 is 4.79 Å². The van der Waals surface area contributed by atoms with Gasteiger partial charge in [0.1, 0.15) is 5.82 Å². The Morgan fingerprint density at radius 2 is 1.88 bits per heavy atom. The lowest BCUT2D eigenvalue weighted by molar-refractivity contribution is 0.102. The van der Waals surface area contributed by atoms with Gasteiger partial charge in [-0.15, -0.1) is 0 Å². The molecule has 0 atom stereocenters. The first-order chi connectivity index (χ1) is 11.5. The van der Waals surface area contributed by atoms with Gasteiger partial charge in [-0.1, -0.05) is 23.2 Å². The Morgan fingerprint density at radius 3 is 2.62 bits per heavy atom. The smallest absolute Gasteiger partial charge is 0.255 e. The quantitative estimate of drug-likeness (QED) is 0.906. The molecule has 24 heavy (non-hydrogen) atoms. The Balaban J connectivity index is 1.76. The summed E-state index contributed by atoms with van der Waals surface area (Å²) in [6, 6.07) is 8.45. The van der Waals surface area contributed by atoms with E-state index < -0.39 is 0 Å². The van der Waals surface area contributed by atoms with Crippen LogP contribution in [0.5, 0.6) is 0 Å². The summed E-state index contributed by atoms with van der Waals surface area (Å²) in [5.41, 5.74) is 1.03. The zero-order valence-electron chi connectivity index (χ0n) is 13.3. The molecule has 0 radical (unpaired) electrons. The zero-order chi connectivity index (χ0) is 17.1. The van der Waals surface area contributed by atoms with E-state index in [2.05, 4.69) is 27.1 Å². The fourth-order valence-electron chi connectivity index (χ4n) is 2.56. The van der Waals surface area contributed by atoms with Crippen molar-refractivity contribution in [2.24, 2.45) is 0 Å². The molecule has 0 unspecified atom stereocenters. The second-order valence-corrected chi connectivity index (χ2v) is 6.61. The number of nitrogens with one attached hydrogen (secondary N) is 1. The van der Waals surface area contributed by atoms with E-state index in [0.29, 0.717) is 21.3 Å². The lowest BCUT2D eigenvalue weighted by atomic mass is 10.2. The SMILES string of the molecule is CN1CCN(c2cc(C(=O)Nc3cc(Cl)ccc3Cl)ccn2)CC1. The molecule has 0 spiro atoms. The van der Waals surface area contributed by atoms with Crippen molar-refractivity contribution in [3.8, 4) is 0 Å². The minimum absolute atomic E-state index is 0.239. The number of aromatic nitrogens is 1. The molecule has 0 bridgehead atoms. The molecule has 1 aliphatic heterocycles. The summed E-state index contributed by atoms with van der Waals surface area (Å²) in [7, 11) is 2.10. The highest BCUT2D eigenvalue weighted by Crippen LogP contribution is 2.26. The number of pyridine rings is 1. The van der Waals surface area contributed by atoms with E-state index >= 15 is 0 Å². The lowest BCUT2D eigenvalue weighted by Gasteiger charge is -2.33. The largest absolute Gasteiger partial charge is 0.354 e. The minimum atomic E-state index is -0.239. The third-order valence-corrected chi connectivity index (χ3v) is 4.58. The van der Waals surface area contributed by atoms with Gasteiger partial charge in [0.05, 0.1) is 10.7 Å². The van der Waals surface area contributed by atoms with Gasteiger partial charge >= 0.3 is 0 Å². The minimum Gasteiger partial charge on any atom is -0.354 e. The molecular formula is C17H18Cl2N4O. The van der Waals surface area contributed by atoms with Crippen molar-refractivity contribution in [3.63, 3.8) is 0 Å². The zero-order valence-corrected chi connectivity index (χ0v) is 14.8. The van der Waals surface area contributed by atoms with E-state index in [4.69, 9.17) is 23.2 Å². The number of carbonyl (C=O) groups is 1. The summed E-state index contributed by atoms with van der Waals surface area (Å²) >= 11 is 12.1. The average molecular weight is 365 g/mol. The van der Waals surface area contributed by atoms with Gasteiger partial charge in [0, 0.05) is 43.0 Å². The molecule has 0 saturated carbocycles. The summed E-state index contributed by atoms with van der Waals surface area (Å²) in [4.78, 5) is 21.3. The number of amides is 1. The van der Waals surface area contributed by atoms with Crippen LogP contribution in [0.3, 0.4) is 0 Å². The van der Waals surface area contributed by atoms with Crippen molar-refractivity contribution in [1.29, 1.82) is 0 Å². The van der Waals surface area contributed by atoms with Crippen LogP contribution in [0.15, 0.2) is 36.5 Å². The molecule has 1 fully saturated rings. The van der Waals surface area contributed by atoms with Gasteiger partial charge in [-0.05, 0) is 37.4 Å². The first kappa shape index (κ1) is 17.0. The highest BCUT2D eigenvalue weighted by atomic mass is 35.5. The Kier molecular flexibility index (Phi) is 5.23. The molecular weight excluding hydrogens is 347 g/mol. The van der Waals surface area contributed by atoms with Gasteiger partial charge in [-0.25, -0.2) is 4.98 Å². The predicted molar refractivity (Wildman–Crippen MR) is 98.4 cm³/mol. The maximum Gasteiger partial charge on any atom is 0.255 e. The van der Waals surface area contributed by atoms with Crippen molar-refractivity contribution in [2.75, 3.05) is 43.4 Å². The Hall–Kier alpha value is -1.82. The molecule has 1 aliphatic rings. The van der Waals surface area contributed by atoms with E-state index in [1.165, 1.54) is 0 Å². The second-order valence-electron chi connectivity index (χ2n) is 5.77. The molecule has 1 aromatic carbocycles. The van der Waals surface area contributed by atoms with Crippen LogP contribution in [0.1, 0.15) is 10.4 Å². The van der Waals surface area contributed by atoms with Gasteiger partial charge in [-0.2, -0.15) is 0 Å². The van der Waals surface area contributed by atoms with Gasteiger partial charge in [-0.3, -0.25) is 4.79 Å². The summed E-state index contributed by atoms with van der Waals surface area (Å²) in [5, 5.41) is 3.76. The normalized spacial score (nSPS) is 15.4. The first-order valence-corrected chi connectivity index (χ1v) is 8.44. The molecule has 2 aromatic rings. The van der Waals surface area contributed by atoms with Gasteiger partial charge in [0.25, 0.3) is 5.91 Å². The van der Waals surface area contributed by atoms with Crippen LogP contribution in [0.4, 0.5) is 11.5 Å². The molecule has 2 heterocycles. The third kappa shape index (κ3) is 3.98. The number of piperazine rings is 1. The lowest BCUT2D eigenvalue weighted by Crippen LogP contribution is -2.44. The van der Waals surface area contributed by atoms with Crippen molar-refractivity contribution in [3.05, 3.63) is 52.1 Å². The third-order valence-electron chi connectivity index (χ3n) is 4.01. The van der Waals surface area contributed by atoms with E-state index in [-0.39, 0.29) is 5.91 Å². The van der Waals surface area contributed by atoms with Crippen LogP contribution in [0.25, 0.3) is 0 Å². The van der Waals surface area contributed by atoms with E-state index in [1.807, 2.05) is 0 Å². The number of hydrogen-bond donors (Lipinski definition) is 1. The fraction of sp³-hybridized carbons (Fsp3) is 0.294. The second kappa shape index (κ2) is 7.38. The van der Waals surface area contributed by atoms with Crippen molar-refractivity contribution >= 4 is 40.6 Å². The van der Waals surface area contributed by atoms with E-state index in [1.54, 1.807) is 36.5 Å². The number of halogens is 2. The standard InChI is InChI=1S/C17H18Cl2N4O/c1-22-6-8-23(9-7-22)16-10-12(4-5-20-16)17(24)21-15-11-13(18)2-3-14(15)19/h2-5,10-11H,6-9H2,1H3,(H,21,24). The highest BCUT2D eigenvalue weighted by Gasteiger charge is 2.17. The molecule has 1 aromatic heterocycles. The summed E-state index contributed by atoms with van der Waals surface area (Å²) in [5.74, 6) is 0.574. The molecule has 1 saturated heterocycles. The Labute approximate surface area is 151 Å². The van der Waals surface area contributed by atoms with Crippen molar-refractivity contribution in [2.45, 2.75) is 0 Å². The number of benzene rings is 1. The Morgan fingerprint density at radius 1 is 1.12 bits per heavy atom. The van der Waals surface area contributed by atoms with Gasteiger partial charge in [0.15, 0.2) is 0 Å². The highest BCUT2D eigenvalue weighted by molar-refractivity contribution is 6.35. The number of nitrogens with zero attached hydrogens (tertiary/aromatic N) is 3. The topological polar surface area (TPSA) is 48.5 Å². The average Bonchev–Trinajstić information content (AvgIpc) is 2.59. The molecule has 0 aliphatic carbocycles. The molecule has 3 rings (SSSR count). The molecule has 7 heteroatoms. The van der Waals surface area contributed by atoms with E-state index in [9.17, 15) is 4.79 Å². The predicted octanol–water partition coefficient (Wildman–Crippen LogP) is 3.39. The van der Waals surface area contributed by atoms with Crippen LogP contribution in [0.2, 0.25) is 10.0 Å². The summed E-state index contributed by atoms with van der Waals surface area (Å²) in [6.07, 6.45) is 1.65. The first-order valence-electron chi connectivity index (χ1n) is 7.69. The van der Waals surface area contributed by atoms with Crippen LogP contribution >= 0.6 is 23.2 Å². The van der Waals surface area contributed by atoms with Crippen LogP contribution in [-0.4, -0.2) is 49.0 Å². The molecule has 5 nitrogen and oxygen atoms in total. The number of hydrogen-bond acceptors (Lipinski definition) is 4. The monoisotopic (exact) mass is 364 g/mol. The van der Waals surface area contributed by atoms with E-state index in [0.717, 1.165) is 32.0 Å². The van der Waals surface area contributed by atoms with Gasteiger partial charge in [0.2, 0.25) is 0 Å². The summed E-state index contributed by atoms with van der Waals surface area (Å²) < 4.78 is 0. The molecule has 1 N–H and O–H groups in total. The Bertz CT molecular complexity index is 745. The van der Waals surface area contributed by atoms with Gasteiger partial charge < -0.3 is 15.1 Å². The number of anilines is 2. The maximum atomic E-state index is 12.5. The van der Waals surface area contributed by atoms with Crippen LogP contribution < -0.4 is 10.2 Å². The van der Waals surface area contributed by atoms with Crippen LogP contribution in [0, 0.1) is 0 Å². The number of rotatable bonds is 3. The number of carbonyl (C=O) groups excluding carboxylic acids is 1. The number of likely N-dealkylation sites (N-methyl/N-ethyl adjacent to an activating group) is 1. The maximum absolute atomic E-state index is 12.5.